The third-order valence-corrected chi connectivity index (χ3v) is 6.11. The second kappa shape index (κ2) is 7.46. The molecule has 0 N–H and O–H groups in total. The number of ether oxygens (including phenoxy) is 1. The molecule has 0 spiro atoms. The normalized spacial score (nSPS) is 25.8. The Labute approximate surface area is 169 Å². The zero-order chi connectivity index (χ0) is 20.7. The first-order valence-electron chi connectivity index (χ1n) is 10.00. The molecule has 29 heavy (non-hydrogen) atoms. The second-order valence-electron chi connectivity index (χ2n) is 7.95. The Balaban J connectivity index is 1.59. The van der Waals surface area contributed by atoms with Gasteiger partial charge in [-0.15, -0.1) is 0 Å². The number of nitrogens with zero attached hydrogens (tertiary/aromatic N) is 3. The van der Waals surface area contributed by atoms with Gasteiger partial charge in [-0.1, -0.05) is 19.1 Å². The summed E-state index contributed by atoms with van der Waals surface area (Å²) in [6.45, 7) is 5.28. The Morgan fingerprint density at radius 3 is 2.79 bits per heavy atom. The summed E-state index contributed by atoms with van der Waals surface area (Å²) in [7, 11) is 1.65. The van der Waals surface area contributed by atoms with Crippen LogP contribution in [0.25, 0.3) is 10.9 Å². The van der Waals surface area contributed by atoms with Crippen LogP contribution in [0.5, 0.6) is 0 Å². The van der Waals surface area contributed by atoms with Crippen molar-refractivity contribution in [3.8, 4) is 0 Å². The molecule has 1 amide bonds. The Morgan fingerprint density at radius 1 is 1.24 bits per heavy atom. The number of carbonyl (C=O) groups is 2. The lowest BCUT2D eigenvalue weighted by Crippen LogP contribution is -2.37. The molecule has 0 bridgehead atoms. The fourth-order valence-electron chi connectivity index (χ4n) is 4.59. The number of amides is 1. The Bertz CT molecular complexity index is 1060. The van der Waals surface area contributed by atoms with Crippen LogP contribution in [-0.4, -0.2) is 46.0 Å². The number of likely N-dealkylation sites (tertiary alicyclic amines) is 1. The second-order valence-corrected chi connectivity index (χ2v) is 7.95. The number of fused-ring (bicyclic) bond motifs is 2. The highest BCUT2D eigenvalue weighted by Crippen LogP contribution is 2.40. The zero-order valence-corrected chi connectivity index (χ0v) is 16.9. The van der Waals surface area contributed by atoms with Gasteiger partial charge in [0.05, 0.1) is 29.8 Å². The largest absolute Gasteiger partial charge is 0.466 e. The van der Waals surface area contributed by atoms with Gasteiger partial charge in [-0.05, 0) is 42.9 Å². The fraction of sp³-hybridized carbons (Fsp3) is 0.455. The van der Waals surface area contributed by atoms with Gasteiger partial charge in [-0.25, -0.2) is 4.98 Å². The molecule has 1 aromatic carbocycles. The number of aromatic nitrogens is 2. The predicted octanol–water partition coefficient (Wildman–Crippen LogP) is 2.01. The van der Waals surface area contributed by atoms with Gasteiger partial charge in [0.25, 0.3) is 11.5 Å². The third kappa shape index (κ3) is 3.34. The summed E-state index contributed by atoms with van der Waals surface area (Å²) in [5.41, 5.74) is 0.868. The van der Waals surface area contributed by atoms with Crippen LogP contribution in [0, 0.1) is 23.7 Å². The molecule has 1 aliphatic carbocycles. The first-order chi connectivity index (χ1) is 13.9. The van der Waals surface area contributed by atoms with Gasteiger partial charge in [0.1, 0.15) is 0 Å². The summed E-state index contributed by atoms with van der Waals surface area (Å²) in [6.07, 6.45) is 5.65. The van der Waals surface area contributed by atoms with Gasteiger partial charge in [0.2, 0.25) is 0 Å². The molecule has 1 saturated heterocycles. The maximum atomic E-state index is 13.1. The number of carbonyl (C=O) groups excluding carboxylic acids is 2. The summed E-state index contributed by atoms with van der Waals surface area (Å²) >= 11 is 0. The van der Waals surface area contributed by atoms with Crippen LogP contribution in [0.2, 0.25) is 0 Å². The molecule has 1 aromatic heterocycles. The molecule has 0 unspecified atom stereocenters. The minimum absolute atomic E-state index is 0.0591. The first-order valence-corrected chi connectivity index (χ1v) is 10.00. The van der Waals surface area contributed by atoms with Crippen molar-refractivity contribution in [3.63, 3.8) is 0 Å². The van der Waals surface area contributed by atoms with Gasteiger partial charge in [0, 0.05) is 25.7 Å². The van der Waals surface area contributed by atoms with Crippen LogP contribution in [0.3, 0.4) is 0 Å². The monoisotopic (exact) mass is 395 g/mol. The quantitative estimate of drug-likeness (QED) is 0.587. The summed E-state index contributed by atoms with van der Waals surface area (Å²) < 4.78 is 6.71. The van der Waals surface area contributed by atoms with E-state index in [0.717, 1.165) is 0 Å². The summed E-state index contributed by atoms with van der Waals surface area (Å²) in [5, 5.41) is 0.487. The molecule has 7 heteroatoms. The molecule has 1 fully saturated rings. The SMILES string of the molecule is CCOC(=O)[C@@H]1[C@H]2CN(C(=O)c3ccc4c(=O)n(C)cnc4c3)C[C@@H]2C=C[C@@H]1C. The van der Waals surface area contributed by atoms with Gasteiger partial charge >= 0.3 is 5.97 Å². The molecular weight excluding hydrogens is 370 g/mol. The van der Waals surface area contributed by atoms with Gasteiger partial charge in [0.15, 0.2) is 0 Å². The van der Waals surface area contributed by atoms with E-state index in [0.29, 0.717) is 36.2 Å². The lowest BCUT2D eigenvalue weighted by Gasteiger charge is -2.31. The Morgan fingerprint density at radius 2 is 2.03 bits per heavy atom. The molecule has 7 nitrogen and oxygen atoms in total. The molecular formula is C22H25N3O4. The molecule has 2 aliphatic rings. The lowest BCUT2D eigenvalue weighted by atomic mass is 9.72. The van der Waals surface area contributed by atoms with E-state index in [1.807, 2.05) is 13.8 Å². The molecule has 4 rings (SSSR count). The molecule has 1 aliphatic heterocycles. The van der Waals surface area contributed by atoms with E-state index in [9.17, 15) is 14.4 Å². The first kappa shape index (κ1) is 19.4. The number of esters is 1. The molecule has 152 valence electrons. The number of aryl methyl sites for hydroxylation is 1. The van der Waals surface area contributed by atoms with Crippen LogP contribution in [0.15, 0.2) is 41.5 Å². The molecule has 0 radical (unpaired) electrons. The van der Waals surface area contributed by atoms with Crippen LogP contribution in [0.4, 0.5) is 0 Å². The highest BCUT2D eigenvalue weighted by Gasteiger charge is 2.46. The minimum Gasteiger partial charge on any atom is -0.466 e. The zero-order valence-electron chi connectivity index (χ0n) is 16.9. The Kier molecular flexibility index (Phi) is 4.98. The minimum atomic E-state index is -0.232. The highest BCUT2D eigenvalue weighted by atomic mass is 16.5. The maximum Gasteiger partial charge on any atom is 0.309 e. The number of allylic oxidation sites excluding steroid dienone is 1. The van der Waals surface area contributed by atoms with Gasteiger partial charge < -0.3 is 14.2 Å². The van der Waals surface area contributed by atoms with Crippen molar-refractivity contribution in [2.24, 2.45) is 30.7 Å². The molecule has 4 atom stereocenters. The van der Waals surface area contributed by atoms with Crippen molar-refractivity contribution < 1.29 is 14.3 Å². The van der Waals surface area contributed by atoms with Crippen molar-refractivity contribution >= 4 is 22.8 Å². The maximum absolute atomic E-state index is 13.1. The molecule has 0 saturated carbocycles. The smallest absolute Gasteiger partial charge is 0.309 e. The average molecular weight is 395 g/mol. The third-order valence-electron chi connectivity index (χ3n) is 6.11. The van der Waals surface area contributed by atoms with E-state index < -0.39 is 0 Å². The molecule has 2 heterocycles. The highest BCUT2D eigenvalue weighted by molar-refractivity contribution is 5.98. The number of rotatable bonds is 3. The lowest BCUT2D eigenvalue weighted by molar-refractivity contribution is -0.152. The average Bonchev–Trinajstić information content (AvgIpc) is 3.14. The van der Waals surface area contributed by atoms with E-state index in [-0.39, 0.29) is 41.1 Å². The van der Waals surface area contributed by atoms with Crippen LogP contribution >= 0.6 is 0 Å². The van der Waals surface area contributed by atoms with Crippen molar-refractivity contribution in [2.75, 3.05) is 19.7 Å². The van der Waals surface area contributed by atoms with Crippen molar-refractivity contribution in [2.45, 2.75) is 13.8 Å². The van der Waals surface area contributed by atoms with E-state index in [2.05, 4.69) is 17.1 Å². The standard InChI is InChI=1S/C22H25N3O4/c1-4-29-22(28)19-13(2)5-6-15-10-25(11-17(15)19)20(26)14-7-8-16-18(9-14)23-12-24(3)21(16)27/h5-9,12-13,15,17,19H,4,10-11H2,1-3H3/t13-,15-,17-,19-/m0/s1. The van der Waals surface area contributed by atoms with Crippen LogP contribution in [0.1, 0.15) is 24.2 Å². The van der Waals surface area contributed by atoms with Crippen LogP contribution < -0.4 is 5.56 Å². The van der Waals surface area contributed by atoms with Gasteiger partial charge in [-0.2, -0.15) is 0 Å². The number of hydrogen-bond donors (Lipinski definition) is 0. The number of benzene rings is 1. The summed E-state index contributed by atoms with van der Waals surface area (Å²) in [4.78, 5) is 43.9. The van der Waals surface area contributed by atoms with E-state index in [4.69, 9.17) is 4.74 Å². The van der Waals surface area contributed by atoms with E-state index in [1.165, 1.54) is 10.9 Å². The predicted molar refractivity (Wildman–Crippen MR) is 108 cm³/mol. The summed E-state index contributed by atoms with van der Waals surface area (Å²) in [6, 6.07) is 5.00. The summed E-state index contributed by atoms with van der Waals surface area (Å²) in [5.74, 6) is -0.221. The van der Waals surface area contributed by atoms with Crippen molar-refractivity contribution in [1.29, 1.82) is 0 Å². The van der Waals surface area contributed by atoms with E-state index in [1.54, 1.807) is 30.1 Å². The topological polar surface area (TPSA) is 81.5 Å². The van der Waals surface area contributed by atoms with Crippen molar-refractivity contribution in [1.82, 2.24) is 14.5 Å². The van der Waals surface area contributed by atoms with Crippen molar-refractivity contribution in [3.05, 3.63) is 52.6 Å². The van der Waals surface area contributed by atoms with Gasteiger partial charge in [-0.3, -0.25) is 14.4 Å². The Hall–Kier alpha value is -2.96. The number of hydrogen-bond acceptors (Lipinski definition) is 5. The van der Waals surface area contributed by atoms with Crippen LogP contribution in [-0.2, 0) is 16.6 Å². The molecule has 2 aromatic rings. The van der Waals surface area contributed by atoms with E-state index >= 15 is 0 Å². The fourth-order valence-corrected chi connectivity index (χ4v) is 4.59.